The van der Waals surface area contributed by atoms with Crippen LogP contribution in [0.1, 0.15) is 6.42 Å². The quantitative estimate of drug-likeness (QED) is 0.352. The van der Waals surface area contributed by atoms with E-state index >= 15 is 0 Å². The lowest BCUT2D eigenvalue weighted by molar-refractivity contribution is -0.137. The Balaban J connectivity index is 3.86. The van der Waals surface area contributed by atoms with Crippen molar-refractivity contribution in [2.24, 2.45) is 4.99 Å². The number of thiol groups is 1. The highest BCUT2D eigenvalue weighted by Gasteiger charge is 2.11. The highest BCUT2D eigenvalue weighted by Crippen LogP contribution is 1.93. The summed E-state index contributed by atoms with van der Waals surface area (Å²) in [5, 5.41) is 8.42. The number of aldehydes is 1. The highest BCUT2D eigenvalue weighted by atomic mass is 32.1. The summed E-state index contributed by atoms with van der Waals surface area (Å²) in [6, 6.07) is -0.835. The van der Waals surface area contributed by atoms with Crippen LogP contribution in [0.3, 0.4) is 0 Å². The van der Waals surface area contributed by atoms with E-state index in [2.05, 4.69) is 17.6 Å². The summed E-state index contributed by atoms with van der Waals surface area (Å²) in [5.74, 6) is -0.882. The fourth-order valence-electron chi connectivity index (χ4n) is 0.420. The number of carbonyl (C=O) groups is 2. The molecule has 0 radical (unpaired) electrons. The molecule has 1 N–H and O–H groups in total. The van der Waals surface area contributed by atoms with E-state index in [0.717, 1.165) is 0 Å². The van der Waals surface area contributed by atoms with Crippen molar-refractivity contribution in [1.29, 1.82) is 0 Å². The molecule has 0 amide bonds. The fraction of sp³-hybridized carbons (Fsp3) is 0.500. The minimum atomic E-state index is -1.03. The van der Waals surface area contributed by atoms with Crippen LogP contribution in [-0.2, 0) is 9.59 Å². The zero-order valence-electron chi connectivity index (χ0n) is 5.80. The van der Waals surface area contributed by atoms with Crippen molar-refractivity contribution in [2.45, 2.75) is 12.5 Å². The van der Waals surface area contributed by atoms with Gasteiger partial charge in [0.05, 0.1) is 0 Å². The molecule has 0 spiro atoms. The van der Waals surface area contributed by atoms with Gasteiger partial charge < -0.3 is 9.90 Å². The van der Waals surface area contributed by atoms with E-state index in [4.69, 9.17) is 5.11 Å². The van der Waals surface area contributed by atoms with Gasteiger partial charge in [-0.25, -0.2) is 4.79 Å². The monoisotopic (exact) mass is 175 g/mol. The molecule has 4 nitrogen and oxygen atoms in total. The molecule has 0 saturated heterocycles. The van der Waals surface area contributed by atoms with Crippen molar-refractivity contribution in [3.05, 3.63) is 0 Å². The van der Waals surface area contributed by atoms with E-state index in [9.17, 15) is 9.59 Å². The minimum absolute atomic E-state index is 0.144. The van der Waals surface area contributed by atoms with Crippen molar-refractivity contribution in [1.82, 2.24) is 0 Å². The lowest BCUT2D eigenvalue weighted by Crippen LogP contribution is -2.19. The largest absolute Gasteiger partial charge is 0.480 e. The van der Waals surface area contributed by atoms with E-state index in [1.807, 2.05) is 0 Å². The Hall–Kier alpha value is -0.840. The van der Waals surface area contributed by atoms with E-state index in [1.165, 1.54) is 6.21 Å². The molecule has 0 fully saturated rings. The van der Waals surface area contributed by atoms with E-state index < -0.39 is 12.0 Å². The number of aliphatic imine (C=N–C) groups is 1. The zero-order valence-corrected chi connectivity index (χ0v) is 6.70. The van der Waals surface area contributed by atoms with Gasteiger partial charge in [-0.15, -0.1) is 0 Å². The first-order valence-electron chi connectivity index (χ1n) is 3.01. The maximum Gasteiger partial charge on any atom is 0.329 e. The second kappa shape index (κ2) is 5.91. The average molecular weight is 175 g/mol. The van der Waals surface area contributed by atoms with Gasteiger partial charge in [-0.3, -0.25) is 4.99 Å². The first-order valence-corrected chi connectivity index (χ1v) is 3.64. The predicted molar refractivity (Wildman–Crippen MR) is 44.4 cm³/mol. The Morgan fingerprint density at radius 2 is 2.36 bits per heavy atom. The smallest absolute Gasteiger partial charge is 0.329 e. The molecular weight excluding hydrogens is 166 g/mol. The molecule has 0 unspecified atom stereocenters. The number of aliphatic carboxylic acids is 1. The molecule has 62 valence electrons. The van der Waals surface area contributed by atoms with Gasteiger partial charge in [0.25, 0.3) is 0 Å². The van der Waals surface area contributed by atoms with E-state index in [0.29, 0.717) is 6.29 Å². The molecule has 0 heterocycles. The molecule has 0 aromatic rings. The SMILES string of the molecule is O=CCC=N[C@@H](CS)C(=O)O. The summed E-state index contributed by atoms with van der Waals surface area (Å²) < 4.78 is 0. The van der Waals surface area contributed by atoms with E-state index in [1.54, 1.807) is 0 Å². The van der Waals surface area contributed by atoms with Crippen LogP contribution in [0.2, 0.25) is 0 Å². The van der Waals surface area contributed by atoms with Gasteiger partial charge >= 0.3 is 5.97 Å². The second-order valence-electron chi connectivity index (χ2n) is 1.77. The molecule has 0 saturated carbocycles. The summed E-state index contributed by atoms with van der Waals surface area (Å²) in [7, 11) is 0. The molecule has 11 heavy (non-hydrogen) atoms. The van der Waals surface area contributed by atoms with Gasteiger partial charge in [0, 0.05) is 18.4 Å². The molecule has 0 rings (SSSR count). The summed E-state index contributed by atoms with van der Waals surface area (Å²) in [6.07, 6.45) is 2.08. The minimum Gasteiger partial charge on any atom is -0.480 e. The van der Waals surface area contributed by atoms with Gasteiger partial charge in [0.2, 0.25) is 0 Å². The first kappa shape index (κ1) is 10.2. The van der Waals surface area contributed by atoms with Crippen molar-refractivity contribution in [2.75, 3.05) is 5.75 Å². The summed E-state index contributed by atoms with van der Waals surface area (Å²) in [4.78, 5) is 23.7. The molecule has 1 atom stereocenters. The molecule has 0 aromatic heterocycles. The van der Waals surface area contributed by atoms with Gasteiger partial charge in [0.15, 0.2) is 6.04 Å². The maximum atomic E-state index is 10.3. The number of carbonyl (C=O) groups excluding carboxylic acids is 1. The second-order valence-corrected chi connectivity index (χ2v) is 2.14. The number of carboxylic acids is 1. The molecule has 0 aliphatic carbocycles. The average Bonchev–Trinajstić information content (AvgIpc) is 1.97. The number of hydrogen-bond acceptors (Lipinski definition) is 4. The van der Waals surface area contributed by atoms with Crippen molar-refractivity contribution < 1.29 is 14.7 Å². The highest BCUT2D eigenvalue weighted by molar-refractivity contribution is 7.80. The Kier molecular flexibility index (Phi) is 5.46. The van der Waals surface area contributed by atoms with Crippen molar-refractivity contribution in [3.8, 4) is 0 Å². The molecule has 0 aliphatic heterocycles. The topological polar surface area (TPSA) is 66.7 Å². The normalized spacial score (nSPS) is 13.2. The zero-order chi connectivity index (χ0) is 8.69. The van der Waals surface area contributed by atoms with Crippen LogP contribution >= 0.6 is 12.6 Å². The van der Waals surface area contributed by atoms with Crippen LogP contribution < -0.4 is 0 Å². The van der Waals surface area contributed by atoms with E-state index in [-0.39, 0.29) is 12.2 Å². The predicted octanol–water partition coefficient (Wildman–Crippen LogP) is 0.0292. The summed E-state index contributed by atoms with van der Waals surface area (Å²) in [5.41, 5.74) is 0. The Labute approximate surface area is 69.7 Å². The van der Waals surface area contributed by atoms with Crippen LogP contribution in [0.5, 0.6) is 0 Å². The molecule has 0 aromatic carbocycles. The van der Waals surface area contributed by atoms with Gasteiger partial charge in [-0.05, 0) is 0 Å². The standard InChI is InChI=1S/C6H9NO3S/c8-3-1-2-7-5(4-11)6(9)10/h2-3,5,11H,1,4H2,(H,9,10)/t5-/m0/s1. The third kappa shape index (κ3) is 4.55. The van der Waals surface area contributed by atoms with Crippen LogP contribution in [0.4, 0.5) is 0 Å². The first-order chi connectivity index (χ1) is 5.22. The lowest BCUT2D eigenvalue weighted by Gasteiger charge is -2.00. The van der Waals surface area contributed by atoms with Crippen LogP contribution in [0, 0.1) is 0 Å². The van der Waals surface area contributed by atoms with Gasteiger partial charge in [-0.1, -0.05) is 0 Å². The Bertz CT molecular complexity index is 169. The number of nitrogens with zero attached hydrogens (tertiary/aromatic N) is 1. The molecule has 0 aliphatic rings. The summed E-state index contributed by atoms with van der Waals surface area (Å²) in [6.45, 7) is 0. The molecular formula is C6H9NO3S. The van der Waals surface area contributed by atoms with Crippen LogP contribution in [-0.4, -0.2) is 35.4 Å². The number of rotatable bonds is 5. The van der Waals surface area contributed by atoms with Crippen LogP contribution in [0.15, 0.2) is 4.99 Å². The summed E-state index contributed by atoms with van der Waals surface area (Å²) >= 11 is 3.77. The van der Waals surface area contributed by atoms with Crippen molar-refractivity contribution in [3.63, 3.8) is 0 Å². The van der Waals surface area contributed by atoms with Crippen LogP contribution in [0.25, 0.3) is 0 Å². The lowest BCUT2D eigenvalue weighted by atomic mass is 10.3. The Morgan fingerprint density at radius 1 is 1.73 bits per heavy atom. The van der Waals surface area contributed by atoms with Gasteiger partial charge in [-0.2, -0.15) is 12.6 Å². The van der Waals surface area contributed by atoms with Crippen molar-refractivity contribution >= 4 is 31.1 Å². The molecule has 5 heteroatoms. The third-order valence-electron chi connectivity index (χ3n) is 0.945. The number of carboxylic acid groups (broad SMARTS) is 1. The molecule has 0 bridgehead atoms. The third-order valence-corrected chi connectivity index (χ3v) is 1.29. The number of hydrogen-bond donors (Lipinski definition) is 2. The Morgan fingerprint density at radius 3 is 2.73 bits per heavy atom. The maximum absolute atomic E-state index is 10.3. The van der Waals surface area contributed by atoms with Gasteiger partial charge in [0.1, 0.15) is 6.29 Å². The fourth-order valence-corrected chi connectivity index (χ4v) is 0.671.